The molecule has 0 saturated carbocycles. The molecule has 0 aromatic heterocycles. The zero-order valence-corrected chi connectivity index (χ0v) is 19.5. The van der Waals surface area contributed by atoms with Crippen molar-refractivity contribution >= 4 is 41.5 Å². The van der Waals surface area contributed by atoms with Crippen LogP contribution in [0.4, 0.5) is 5.69 Å². The van der Waals surface area contributed by atoms with E-state index < -0.39 is 0 Å². The number of guanidine groups is 1. The number of hydrogen-bond donors (Lipinski definition) is 3. The molecule has 0 radical (unpaired) electrons. The molecule has 1 amide bonds. The molecular formula is C21H30IN5O2. The van der Waals surface area contributed by atoms with E-state index >= 15 is 0 Å². The number of nitrogens with one attached hydrogen (secondary N) is 2. The molecule has 158 valence electrons. The number of likely N-dealkylation sites (N-methyl/N-ethyl adjacent to an activating group) is 1. The highest BCUT2D eigenvalue weighted by atomic mass is 127. The van der Waals surface area contributed by atoms with Gasteiger partial charge in [-0.2, -0.15) is 0 Å². The van der Waals surface area contributed by atoms with Gasteiger partial charge in [-0.05, 0) is 37.9 Å². The first kappa shape index (κ1) is 24.9. The molecule has 8 heteroatoms. The number of methoxy groups -OCH3 is 1. The van der Waals surface area contributed by atoms with Crippen LogP contribution in [0.1, 0.15) is 21.5 Å². The van der Waals surface area contributed by atoms with Crippen LogP contribution in [-0.2, 0) is 17.9 Å². The normalized spacial score (nSPS) is 11.1. The molecule has 0 atom stereocenters. The summed E-state index contributed by atoms with van der Waals surface area (Å²) >= 11 is 0. The number of amides is 1. The van der Waals surface area contributed by atoms with Gasteiger partial charge < -0.3 is 26.0 Å². The topological polar surface area (TPSA) is 92.0 Å². The Morgan fingerprint density at radius 3 is 2.66 bits per heavy atom. The van der Waals surface area contributed by atoms with Crippen molar-refractivity contribution in [2.45, 2.75) is 13.2 Å². The van der Waals surface area contributed by atoms with Gasteiger partial charge >= 0.3 is 0 Å². The Kier molecular flexibility index (Phi) is 11.3. The van der Waals surface area contributed by atoms with Crippen molar-refractivity contribution in [1.82, 2.24) is 10.2 Å². The van der Waals surface area contributed by atoms with Gasteiger partial charge in [0.2, 0.25) is 0 Å². The third-order valence-electron chi connectivity index (χ3n) is 4.05. The minimum absolute atomic E-state index is 0. The van der Waals surface area contributed by atoms with Gasteiger partial charge in [-0.15, -0.1) is 24.0 Å². The van der Waals surface area contributed by atoms with Gasteiger partial charge in [-0.3, -0.25) is 4.79 Å². The van der Waals surface area contributed by atoms with E-state index in [1.165, 1.54) is 0 Å². The molecular weight excluding hydrogens is 481 g/mol. The minimum Gasteiger partial charge on any atom is -0.380 e. The average molecular weight is 511 g/mol. The number of halogens is 1. The molecule has 0 aliphatic heterocycles. The first-order valence-electron chi connectivity index (χ1n) is 9.15. The number of ether oxygens (including phenoxy) is 1. The first-order valence-corrected chi connectivity index (χ1v) is 9.15. The molecule has 0 unspecified atom stereocenters. The van der Waals surface area contributed by atoms with E-state index in [9.17, 15) is 4.79 Å². The number of carbonyl (C=O) groups excluding carboxylic acids is 1. The molecule has 2 aromatic rings. The lowest BCUT2D eigenvalue weighted by molar-refractivity contribution is 0.0951. The SMILES string of the molecule is COCc1ccccc1NC(N)=NCc1cccc(C(=O)NCCN(C)C)c1.I. The third kappa shape index (κ3) is 8.80. The third-order valence-corrected chi connectivity index (χ3v) is 4.05. The molecule has 7 nitrogen and oxygen atoms in total. The Bertz CT molecular complexity index is 811. The highest BCUT2D eigenvalue weighted by molar-refractivity contribution is 14.0. The van der Waals surface area contributed by atoms with Crippen LogP contribution < -0.4 is 16.4 Å². The number of aliphatic imine (C=N–C) groups is 1. The molecule has 2 rings (SSSR count). The van der Waals surface area contributed by atoms with Crippen LogP contribution in [0, 0.1) is 0 Å². The summed E-state index contributed by atoms with van der Waals surface area (Å²) in [5, 5.41) is 6.01. The minimum atomic E-state index is -0.0905. The molecule has 29 heavy (non-hydrogen) atoms. The largest absolute Gasteiger partial charge is 0.380 e. The number of carbonyl (C=O) groups is 1. The summed E-state index contributed by atoms with van der Waals surface area (Å²) in [6.07, 6.45) is 0. The number of hydrogen-bond acceptors (Lipinski definition) is 4. The van der Waals surface area contributed by atoms with E-state index in [0.29, 0.717) is 31.2 Å². The van der Waals surface area contributed by atoms with Gasteiger partial charge in [0, 0.05) is 37.0 Å². The van der Waals surface area contributed by atoms with E-state index in [1.54, 1.807) is 13.2 Å². The summed E-state index contributed by atoms with van der Waals surface area (Å²) in [6.45, 7) is 2.26. The Morgan fingerprint density at radius 1 is 1.17 bits per heavy atom. The number of nitrogens with zero attached hydrogens (tertiary/aromatic N) is 2. The van der Waals surface area contributed by atoms with Crippen LogP contribution in [0.3, 0.4) is 0 Å². The molecule has 0 aliphatic rings. The fraction of sp³-hybridized carbons (Fsp3) is 0.333. The zero-order valence-electron chi connectivity index (χ0n) is 17.1. The highest BCUT2D eigenvalue weighted by Crippen LogP contribution is 2.15. The fourth-order valence-electron chi connectivity index (χ4n) is 2.58. The second-order valence-electron chi connectivity index (χ2n) is 6.68. The van der Waals surface area contributed by atoms with Crippen LogP contribution in [0.15, 0.2) is 53.5 Å². The summed E-state index contributed by atoms with van der Waals surface area (Å²) in [4.78, 5) is 18.6. The van der Waals surface area contributed by atoms with Crippen LogP contribution in [0.25, 0.3) is 0 Å². The Labute approximate surface area is 189 Å². The first-order chi connectivity index (χ1) is 13.5. The fourth-order valence-corrected chi connectivity index (χ4v) is 2.58. The molecule has 0 aliphatic carbocycles. The summed E-state index contributed by atoms with van der Waals surface area (Å²) in [5.41, 5.74) is 9.41. The Balaban J connectivity index is 0.00000420. The summed E-state index contributed by atoms with van der Waals surface area (Å²) in [7, 11) is 5.59. The van der Waals surface area contributed by atoms with E-state index in [1.807, 2.05) is 61.5 Å². The van der Waals surface area contributed by atoms with Crippen molar-refractivity contribution in [2.24, 2.45) is 10.7 Å². The van der Waals surface area contributed by atoms with Gasteiger partial charge in [0.05, 0.1) is 13.2 Å². The lowest BCUT2D eigenvalue weighted by Gasteiger charge is -2.11. The van der Waals surface area contributed by atoms with Crippen molar-refractivity contribution in [3.63, 3.8) is 0 Å². The molecule has 0 saturated heterocycles. The second-order valence-corrected chi connectivity index (χ2v) is 6.68. The Morgan fingerprint density at radius 2 is 1.93 bits per heavy atom. The quantitative estimate of drug-likeness (QED) is 0.274. The molecule has 0 heterocycles. The van der Waals surface area contributed by atoms with Crippen molar-refractivity contribution < 1.29 is 9.53 Å². The lowest BCUT2D eigenvalue weighted by Crippen LogP contribution is -2.31. The number of nitrogens with two attached hydrogens (primary N) is 1. The van der Waals surface area contributed by atoms with Gasteiger partial charge in [-0.1, -0.05) is 30.3 Å². The highest BCUT2D eigenvalue weighted by Gasteiger charge is 2.06. The van der Waals surface area contributed by atoms with Crippen molar-refractivity contribution in [2.75, 3.05) is 39.6 Å². The monoisotopic (exact) mass is 511 g/mol. The zero-order chi connectivity index (χ0) is 20.4. The lowest BCUT2D eigenvalue weighted by atomic mass is 10.1. The smallest absolute Gasteiger partial charge is 0.251 e. The van der Waals surface area contributed by atoms with Crippen molar-refractivity contribution in [3.05, 3.63) is 65.2 Å². The maximum absolute atomic E-state index is 12.2. The molecule has 2 aromatic carbocycles. The summed E-state index contributed by atoms with van der Waals surface area (Å²) in [6, 6.07) is 15.2. The van der Waals surface area contributed by atoms with Gasteiger partial charge in [0.25, 0.3) is 5.91 Å². The summed E-state index contributed by atoms with van der Waals surface area (Å²) < 4.78 is 5.19. The van der Waals surface area contributed by atoms with Crippen LogP contribution in [-0.4, -0.2) is 51.1 Å². The van der Waals surface area contributed by atoms with Gasteiger partial charge in [-0.25, -0.2) is 4.99 Å². The van der Waals surface area contributed by atoms with E-state index in [4.69, 9.17) is 10.5 Å². The second kappa shape index (κ2) is 13.1. The van der Waals surface area contributed by atoms with Gasteiger partial charge in [0.15, 0.2) is 5.96 Å². The molecule has 0 spiro atoms. The number of para-hydroxylation sites is 1. The van der Waals surface area contributed by atoms with Crippen LogP contribution in [0.5, 0.6) is 0 Å². The Hall–Kier alpha value is -2.17. The average Bonchev–Trinajstić information content (AvgIpc) is 2.68. The van der Waals surface area contributed by atoms with Gasteiger partial charge in [0.1, 0.15) is 0 Å². The maximum atomic E-state index is 12.2. The summed E-state index contributed by atoms with van der Waals surface area (Å²) in [5.74, 6) is 0.219. The molecule has 0 fully saturated rings. The van der Waals surface area contributed by atoms with E-state index in [-0.39, 0.29) is 29.9 Å². The molecule has 0 bridgehead atoms. The predicted octanol–water partition coefficient (Wildman–Crippen LogP) is 2.67. The van der Waals surface area contributed by atoms with Crippen molar-refractivity contribution in [1.29, 1.82) is 0 Å². The maximum Gasteiger partial charge on any atom is 0.251 e. The number of anilines is 1. The van der Waals surface area contributed by atoms with E-state index in [0.717, 1.165) is 23.4 Å². The molecule has 4 N–H and O–H groups in total. The van der Waals surface area contributed by atoms with Crippen molar-refractivity contribution in [3.8, 4) is 0 Å². The van der Waals surface area contributed by atoms with E-state index in [2.05, 4.69) is 15.6 Å². The predicted molar refractivity (Wildman–Crippen MR) is 129 cm³/mol. The van der Waals surface area contributed by atoms with Crippen LogP contribution >= 0.6 is 24.0 Å². The standard InChI is InChI=1S/C21H29N5O2.HI/c1-26(2)12-11-23-20(27)17-9-6-7-16(13-17)14-24-21(22)25-19-10-5-4-8-18(19)15-28-3;/h4-10,13H,11-12,14-15H2,1-3H3,(H,23,27)(H3,22,24,25);1H. The number of benzene rings is 2. The number of rotatable bonds is 9. The van der Waals surface area contributed by atoms with Crippen LogP contribution in [0.2, 0.25) is 0 Å².